The van der Waals surface area contributed by atoms with Crippen molar-refractivity contribution in [1.82, 2.24) is 0 Å². The Balaban J connectivity index is 1.67. The molecule has 0 aromatic heterocycles. The Bertz CT molecular complexity index is 391. The third kappa shape index (κ3) is 2.21. The van der Waals surface area contributed by atoms with Crippen molar-refractivity contribution in [3.63, 3.8) is 0 Å². The number of rotatable bonds is 3. The largest absolute Gasteiger partial charge is 0.392 e. The molecule has 3 atom stereocenters. The molecule has 0 aliphatic heterocycles. The first kappa shape index (κ1) is 12.2. The minimum Gasteiger partial charge on any atom is -0.392 e. The van der Waals surface area contributed by atoms with Crippen molar-refractivity contribution >= 4 is 0 Å². The van der Waals surface area contributed by atoms with Crippen LogP contribution < -0.4 is 0 Å². The van der Waals surface area contributed by atoms with Crippen LogP contribution in [0.5, 0.6) is 0 Å². The van der Waals surface area contributed by atoms with Crippen LogP contribution in [-0.4, -0.2) is 11.2 Å². The van der Waals surface area contributed by atoms with E-state index in [-0.39, 0.29) is 11.5 Å². The van der Waals surface area contributed by atoms with Crippen molar-refractivity contribution in [3.05, 3.63) is 35.9 Å². The molecule has 0 heterocycles. The highest BCUT2D eigenvalue weighted by Gasteiger charge is 2.50. The summed E-state index contributed by atoms with van der Waals surface area (Å²) in [7, 11) is 0. The molecule has 18 heavy (non-hydrogen) atoms. The molecule has 1 heteroatoms. The Morgan fingerprint density at radius 1 is 1.11 bits per heavy atom. The third-order valence-corrected chi connectivity index (χ3v) is 5.18. The van der Waals surface area contributed by atoms with Crippen molar-refractivity contribution < 1.29 is 5.11 Å². The maximum Gasteiger partial charge on any atom is 0.0627 e. The molecule has 0 radical (unpaired) electrons. The first-order chi connectivity index (χ1) is 8.71. The van der Waals surface area contributed by atoms with Gasteiger partial charge in [-0.25, -0.2) is 0 Å². The van der Waals surface area contributed by atoms with Gasteiger partial charge in [-0.05, 0) is 42.1 Å². The molecular formula is C17H24O. The summed E-state index contributed by atoms with van der Waals surface area (Å²) in [5.74, 6) is 1.12. The van der Waals surface area contributed by atoms with Gasteiger partial charge in [-0.3, -0.25) is 0 Å². The lowest BCUT2D eigenvalue weighted by atomic mass is 9.70. The molecule has 0 amide bonds. The minimum absolute atomic E-state index is 0.0944. The van der Waals surface area contributed by atoms with Crippen LogP contribution >= 0.6 is 0 Å². The van der Waals surface area contributed by atoms with Gasteiger partial charge in [0.15, 0.2) is 0 Å². The fraction of sp³-hybridized carbons (Fsp3) is 0.647. The maximum absolute atomic E-state index is 10.7. The normalized spacial score (nSPS) is 31.9. The number of aliphatic hydroxyl groups excluding tert-OH is 1. The summed E-state index contributed by atoms with van der Waals surface area (Å²) in [6.45, 7) is 2.30. The van der Waals surface area contributed by atoms with E-state index in [1.165, 1.54) is 44.1 Å². The van der Waals surface area contributed by atoms with Crippen LogP contribution in [0.25, 0.3) is 0 Å². The van der Waals surface area contributed by atoms with Gasteiger partial charge in [0.25, 0.3) is 0 Å². The Kier molecular flexibility index (Phi) is 3.19. The van der Waals surface area contributed by atoms with E-state index < -0.39 is 0 Å². The topological polar surface area (TPSA) is 20.2 Å². The highest BCUT2D eigenvalue weighted by molar-refractivity contribution is 5.26. The van der Waals surface area contributed by atoms with Gasteiger partial charge in [0.05, 0.1) is 6.10 Å². The summed E-state index contributed by atoms with van der Waals surface area (Å²) in [4.78, 5) is 0. The molecule has 3 rings (SSSR count). The van der Waals surface area contributed by atoms with Crippen LogP contribution in [0.1, 0.15) is 56.9 Å². The van der Waals surface area contributed by atoms with Crippen molar-refractivity contribution in [2.45, 2.75) is 57.5 Å². The summed E-state index contributed by atoms with van der Waals surface area (Å²) in [6, 6.07) is 10.7. The Morgan fingerprint density at radius 2 is 1.78 bits per heavy atom. The summed E-state index contributed by atoms with van der Waals surface area (Å²) in [6.07, 6.45) is 7.48. The third-order valence-electron chi connectivity index (χ3n) is 5.18. The minimum atomic E-state index is -0.0944. The van der Waals surface area contributed by atoms with Crippen LogP contribution in [0.15, 0.2) is 30.3 Å². The van der Waals surface area contributed by atoms with E-state index in [1.54, 1.807) is 0 Å². The van der Waals surface area contributed by atoms with Crippen LogP contribution in [0.2, 0.25) is 0 Å². The molecule has 0 saturated heterocycles. The fourth-order valence-corrected chi connectivity index (χ4v) is 3.82. The van der Waals surface area contributed by atoms with Gasteiger partial charge >= 0.3 is 0 Å². The lowest BCUT2D eigenvalue weighted by Crippen LogP contribution is -2.36. The van der Waals surface area contributed by atoms with Crippen molar-refractivity contribution in [1.29, 1.82) is 0 Å². The lowest BCUT2D eigenvalue weighted by molar-refractivity contribution is -0.00669. The zero-order valence-corrected chi connectivity index (χ0v) is 11.3. The monoisotopic (exact) mass is 244 g/mol. The van der Waals surface area contributed by atoms with Crippen molar-refractivity contribution in [2.75, 3.05) is 0 Å². The lowest BCUT2D eigenvalue weighted by Gasteiger charge is -2.38. The number of aliphatic hydroxyl groups is 1. The summed E-state index contributed by atoms with van der Waals surface area (Å²) >= 11 is 0. The van der Waals surface area contributed by atoms with Gasteiger partial charge in [0.2, 0.25) is 0 Å². The van der Waals surface area contributed by atoms with Gasteiger partial charge < -0.3 is 5.11 Å². The number of benzene rings is 1. The molecule has 0 spiro atoms. The molecule has 1 N–H and O–H groups in total. The van der Waals surface area contributed by atoms with E-state index in [4.69, 9.17) is 0 Å². The summed E-state index contributed by atoms with van der Waals surface area (Å²) in [5.41, 5.74) is 1.60. The van der Waals surface area contributed by atoms with E-state index in [9.17, 15) is 5.11 Å². The average molecular weight is 244 g/mol. The van der Waals surface area contributed by atoms with Crippen LogP contribution in [0, 0.1) is 11.3 Å². The van der Waals surface area contributed by atoms with E-state index in [0.29, 0.717) is 11.8 Å². The predicted octanol–water partition coefficient (Wildman–Crippen LogP) is 4.12. The summed E-state index contributed by atoms with van der Waals surface area (Å²) < 4.78 is 0. The SMILES string of the molecule is CC1(C(O)C2CC2c2ccccc2)CCCCC1. The Morgan fingerprint density at radius 3 is 2.44 bits per heavy atom. The molecule has 1 nitrogen and oxygen atoms in total. The van der Waals surface area contributed by atoms with Gasteiger partial charge in [-0.15, -0.1) is 0 Å². The second-order valence-corrected chi connectivity index (χ2v) is 6.58. The maximum atomic E-state index is 10.7. The molecule has 0 bridgehead atoms. The Hall–Kier alpha value is -0.820. The first-order valence-electron chi connectivity index (χ1n) is 7.44. The van der Waals surface area contributed by atoms with E-state index in [1.807, 2.05) is 0 Å². The zero-order chi connectivity index (χ0) is 12.6. The molecule has 1 aromatic rings. The molecule has 2 fully saturated rings. The number of hydrogen-bond donors (Lipinski definition) is 1. The highest BCUT2D eigenvalue weighted by Crippen LogP contribution is 2.55. The standard InChI is InChI=1S/C17H24O/c1-17(10-6-3-7-11-17)16(18)15-12-14(15)13-8-4-2-5-9-13/h2,4-5,8-9,14-16,18H,3,6-7,10-12H2,1H3. The molecule has 2 aliphatic carbocycles. The van der Waals surface area contributed by atoms with E-state index in [0.717, 1.165) is 0 Å². The first-order valence-corrected chi connectivity index (χ1v) is 7.44. The predicted molar refractivity (Wildman–Crippen MR) is 74.5 cm³/mol. The van der Waals surface area contributed by atoms with Crippen LogP contribution in [0.3, 0.4) is 0 Å². The average Bonchev–Trinajstić information content (AvgIpc) is 3.20. The van der Waals surface area contributed by atoms with E-state index in [2.05, 4.69) is 37.3 Å². The highest BCUT2D eigenvalue weighted by atomic mass is 16.3. The van der Waals surface area contributed by atoms with Gasteiger partial charge in [0.1, 0.15) is 0 Å². The molecule has 98 valence electrons. The van der Waals surface area contributed by atoms with E-state index >= 15 is 0 Å². The van der Waals surface area contributed by atoms with Crippen LogP contribution in [0.4, 0.5) is 0 Å². The van der Waals surface area contributed by atoms with Gasteiger partial charge in [0, 0.05) is 0 Å². The quantitative estimate of drug-likeness (QED) is 0.848. The molecule has 1 aromatic carbocycles. The second kappa shape index (κ2) is 4.70. The molecular weight excluding hydrogens is 220 g/mol. The Labute approximate surface area is 110 Å². The van der Waals surface area contributed by atoms with Crippen molar-refractivity contribution in [3.8, 4) is 0 Å². The van der Waals surface area contributed by atoms with Gasteiger partial charge in [-0.1, -0.05) is 56.5 Å². The number of hydrogen-bond acceptors (Lipinski definition) is 1. The molecule has 2 aliphatic rings. The molecule has 2 saturated carbocycles. The summed E-state index contributed by atoms with van der Waals surface area (Å²) in [5, 5.41) is 10.7. The van der Waals surface area contributed by atoms with Crippen molar-refractivity contribution in [2.24, 2.45) is 11.3 Å². The zero-order valence-electron chi connectivity index (χ0n) is 11.3. The molecule has 3 unspecified atom stereocenters. The smallest absolute Gasteiger partial charge is 0.0627 e. The van der Waals surface area contributed by atoms with Gasteiger partial charge in [-0.2, -0.15) is 0 Å². The second-order valence-electron chi connectivity index (χ2n) is 6.58. The fourth-order valence-electron chi connectivity index (χ4n) is 3.82. The van der Waals surface area contributed by atoms with Crippen LogP contribution in [-0.2, 0) is 0 Å².